The Bertz CT molecular complexity index is 1320. The summed E-state index contributed by atoms with van der Waals surface area (Å²) in [6.45, 7) is 0.743. The summed E-state index contributed by atoms with van der Waals surface area (Å²) >= 11 is 0. The molecule has 0 amide bonds. The Labute approximate surface area is 234 Å². The zero-order chi connectivity index (χ0) is 26.6. The fourth-order valence-corrected chi connectivity index (χ4v) is 9.54. The van der Waals surface area contributed by atoms with Gasteiger partial charge in [-0.05, 0) is 78.9 Å². The van der Waals surface area contributed by atoms with E-state index in [4.69, 9.17) is 4.74 Å². The molecule has 0 atom stereocenters. The van der Waals surface area contributed by atoms with Gasteiger partial charge in [0.15, 0.2) is 0 Å². The van der Waals surface area contributed by atoms with Crippen LogP contribution in [0.4, 0.5) is 0 Å². The maximum Gasteiger partial charge on any atom is 0.119 e. The Hall–Kier alpha value is -3.93. The molecule has 0 aliphatic carbocycles. The Balaban J connectivity index is 1.20. The second-order valence-electron chi connectivity index (χ2n) is 9.76. The van der Waals surface area contributed by atoms with E-state index in [1.54, 1.807) is 0 Å². The van der Waals surface area contributed by atoms with Gasteiger partial charge in [0, 0.05) is 0 Å². The molecular formula is C37H36OP+. The van der Waals surface area contributed by atoms with Gasteiger partial charge in [-0.3, -0.25) is 0 Å². The van der Waals surface area contributed by atoms with E-state index < -0.39 is 7.26 Å². The summed E-state index contributed by atoms with van der Waals surface area (Å²) in [7, 11) is -1.74. The lowest BCUT2D eigenvalue weighted by atomic mass is 10.1. The van der Waals surface area contributed by atoms with E-state index in [0.29, 0.717) is 0 Å². The van der Waals surface area contributed by atoms with Crippen molar-refractivity contribution in [2.45, 2.75) is 19.3 Å². The molecule has 0 spiro atoms. The van der Waals surface area contributed by atoms with Crippen LogP contribution in [0.15, 0.2) is 146 Å². The van der Waals surface area contributed by atoms with Crippen molar-refractivity contribution in [3.63, 3.8) is 0 Å². The molecule has 5 aromatic rings. The smallest absolute Gasteiger partial charge is 0.119 e. The molecule has 1 nitrogen and oxygen atoms in total. The fourth-order valence-electron chi connectivity index (χ4n) is 5.13. The van der Waals surface area contributed by atoms with E-state index in [-0.39, 0.29) is 0 Å². The molecule has 0 aliphatic heterocycles. The van der Waals surface area contributed by atoms with E-state index in [0.717, 1.165) is 31.4 Å². The molecule has 0 aliphatic rings. The summed E-state index contributed by atoms with van der Waals surface area (Å²) in [4.78, 5) is 0. The van der Waals surface area contributed by atoms with Crippen molar-refractivity contribution in [3.05, 3.63) is 157 Å². The van der Waals surface area contributed by atoms with Gasteiger partial charge in [-0.15, -0.1) is 0 Å². The van der Waals surface area contributed by atoms with Crippen LogP contribution in [0.5, 0.6) is 5.75 Å². The molecule has 5 aromatic carbocycles. The molecule has 0 radical (unpaired) electrons. The van der Waals surface area contributed by atoms with Crippen LogP contribution in [0, 0.1) is 0 Å². The maximum absolute atomic E-state index is 6.09. The Kier molecular flexibility index (Phi) is 9.40. The first kappa shape index (κ1) is 26.7. The van der Waals surface area contributed by atoms with E-state index >= 15 is 0 Å². The van der Waals surface area contributed by atoms with Crippen LogP contribution in [-0.2, 0) is 0 Å². The number of hydrogen-bond acceptors (Lipinski definition) is 1. The summed E-state index contributed by atoms with van der Waals surface area (Å²) < 4.78 is 6.09. The quantitative estimate of drug-likeness (QED) is 0.0899. The van der Waals surface area contributed by atoms with Crippen LogP contribution in [0.2, 0.25) is 0 Å². The third-order valence-corrected chi connectivity index (χ3v) is 11.7. The molecule has 2 heteroatoms. The molecule has 0 bridgehead atoms. The van der Waals surface area contributed by atoms with Crippen LogP contribution in [0.3, 0.4) is 0 Å². The molecule has 0 aromatic heterocycles. The summed E-state index contributed by atoms with van der Waals surface area (Å²) in [6, 6.07) is 52.2. The van der Waals surface area contributed by atoms with Crippen molar-refractivity contribution in [1.29, 1.82) is 0 Å². The van der Waals surface area contributed by atoms with Gasteiger partial charge in [0.2, 0.25) is 0 Å². The lowest BCUT2D eigenvalue weighted by Gasteiger charge is -2.27. The van der Waals surface area contributed by atoms with Crippen molar-refractivity contribution in [2.24, 2.45) is 0 Å². The molecule has 0 heterocycles. The molecule has 0 fully saturated rings. The molecule has 0 unspecified atom stereocenters. The van der Waals surface area contributed by atoms with Gasteiger partial charge < -0.3 is 4.74 Å². The van der Waals surface area contributed by atoms with Crippen molar-refractivity contribution in [3.8, 4) is 5.75 Å². The second kappa shape index (κ2) is 13.7. The highest BCUT2D eigenvalue weighted by Gasteiger charge is 2.44. The number of rotatable bonds is 12. The van der Waals surface area contributed by atoms with Gasteiger partial charge in [-0.1, -0.05) is 109 Å². The van der Waals surface area contributed by atoms with Gasteiger partial charge in [-0.2, -0.15) is 0 Å². The van der Waals surface area contributed by atoms with Crippen LogP contribution < -0.4 is 20.7 Å². The van der Waals surface area contributed by atoms with E-state index in [1.165, 1.54) is 33.5 Å². The highest BCUT2D eigenvalue weighted by molar-refractivity contribution is 7.95. The highest BCUT2D eigenvalue weighted by Crippen LogP contribution is 2.55. The molecular weight excluding hydrogens is 491 g/mol. The summed E-state index contributed by atoms with van der Waals surface area (Å²) in [5.41, 5.74) is 2.38. The van der Waals surface area contributed by atoms with Crippen molar-refractivity contribution in [2.75, 3.05) is 12.8 Å². The van der Waals surface area contributed by atoms with E-state index in [9.17, 15) is 0 Å². The third kappa shape index (κ3) is 6.94. The lowest BCUT2D eigenvalue weighted by Crippen LogP contribution is -2.33. The largest absolute Gasteiger partial charge is 0.494 e. The predicted molar refractivity (Wildman–Crippen MR) is 171 cm³/mol. The molecule has 0 N–H and O–H groups in total. The normalized spacial score (nSPS) is 11.5. The van der Waals surface area contributed by atoms with Gasteiger partial charge in [0.05, 0.1) is 12.8 Å². The highest BCUT2D eigenvalue weighted by atomic mass is 31.2. The zero-order valence-electron chi connectivity index (χ0n) is 22.4. The minimum Gasteiger partial charge on any atom is -0.494 e. The van der Waals surface area contributed by atoms with Crippen molar-refractivity contribution < 1.29 is 4.74 Å². The second-order valence-corrected chi connectivity index (χ2v) is 13.4. The fraction of sp³-hybridized carbons (Fsp3) is 0.135. The SMILES string of the molecule is C(=C\c1ccc(OCCCCC[P+](c2ccccc2)(c2ccccc2)c2ccccc2)cc1)/c1ccccc1. The van der Waals surface area contributed by atoms with Gasteiger partial charge in [0.1, 0.15) is 28.9 Å². The average Bonchev–Trinajstić information content (AvgIpc) is 3.02. The molecule has 0 saturated heterocycles. The van der Waals surface area contributed by atoms with Crippen LogP contribution in [0.1, 0.15) is 30.4 Å². The van der Waals surface area contributed by atoms with Crippen molar-refractivity contribution >= 4 is 35.3 Å². The first-order chi connectivity index (χ1) is 19.3. The minimum atomic E-state index is -1.74. The molecule has 5 rings (SSSR count). The van der Waals surface area contributed by atoms with E-state index in [2.05, 4.69) is 152 Å². The Morgan fingerprint density at radius 1 is 0.436 bits per heavy atom. The summed E-state index contributed by atoms with van der Waals surface area (Å²) in [5.74, 6) is 0.937. The minimum absolute atomic E-state index is 0.743. The van der Waals surface area contributed by atoms with Crippen molar-refractivity contribution in [1.82, 2.24) is 0 Å². The monoisotopic (exact) mass is 527 g/mol. The zero-order valence-corrected chi connectivity index (χ0v) is 23.3. The summed E-state index contributed by atoms with van der Waals surface area (Å²) in [5, 5.41) is 4.38. The predicted octanol–water partition coefficient (Wildman–Crippen LogP) is 8.40. The maximum atomic E-state index is 6.09. The summed E-state index contributed by atoms with van der Waals surface area (Å²) in [6.07, 6.45) is 8.80. The average molecular weight is 528 g/mol. The number of hydrogen-bond donors (Lipinski definition) is 0. The molecule has 39 heavy (non-hydrogen) atoms. The van der Waals surface area contributed by atoms with Crippen LogP contribution in [0.25, 0.3) is 12.2 Å². The molecule has 0 saturated carbocycles. The van der Waals surface area contributed by atoms with Gasteiger partial charge in [-0.25, -0.2) is 0 Å². The van der Waals surface area contributed by atoms with Crippen LogP contribution in [-0.4, -0.2) is 12.8 Å². The van der Waals surface area contributed by atoms with Gasteiger partial charge >= 0.3 is 0 Å². The number of benzene rings is 5. The molecule has 194 valence electrons. The first-order valence-corrected chi connectivity index (χ1v) is 15.8. The number of unbranched alkanes of at least 4 members (excludes halogenated alkanes) is 2. The Morgan fingerprint density at radius 2 is 0.872 bits per heavy atom. The lowest BCUT2D eigenvalue weighted by molar-refractivity contribution is 0.306. The topological polar surface area (TPSA) is 9.23 Å². The Morgan fingerprint density at radius 3 is 1.36 bits per heavy atom. The van der Waals surface area contributed by atoms with Crippen LogP contribution >= 0.6 is 7.26 Å². The standard InChI is InChI=1S/C37H36OP/c1-6-16-32(17-7-1)24-25-33-26-28-34(29-27-33)38-30-14-5-15-31-39(35-18-8-2-9-19-35,36-20-10-3-11-21-36)37-22-12-4-13-23-37/h1-4,6-13,16-29H,5,14-15,30-31H2/q+1/b25-24+. The first-order valence-electron chi connectivity index (χ1n) is 13.9. The third-order valence-electron chi connectivity index (χ3n) is 7.15. The van der Waals surface area contributed by atoms with Gasteiger partial charge in [0.25, 0.3) is 0 Å². The number of ether oxygens (including phenoxy) is 1. The van der Waals surface area contributed by atoms with E-state index in [1.807, 2.05) is 6.07 Å².